The van der Waals surface area contributed by atoms with E-state index in [4.69, 9.17) is 11.6 Å². The molecule has 102 valence electrons. The second-order valence-electron chi connectivity index (χ2n) is 7.19. The average molecular weight is 279 g/mol. The van der Waals surface area contributed by atoms with Crippen molar-refractivity contribution in [2.24, 2.45) is 23.2 Å². The number of alkyl halides is 1. The Kier molecular flexibility index (Phi) is 2.71. The van der Waals surface area contributed by atoms with Crippen LogP contribution in [0.3, 0.4) is 0 Å². The largest absolute Gasteiger partial charge is 0.207 e. The first-order valence-corrected chi connectivity index (χ1v) is 7.98. The molecule has 0 heterocycles. The topological polar surface area (TPSA) is 0 Å². The van der Waals surface area contributed by atoms with Gasteiger partial charge in [0, 0.05) is 0 Å². The van der Waals surface area contributed by atoms with Crippen molar-refractivity contribution >= 4 is 11.6 Å². The van der Waals surface area contributed by atoms with Crippen molar-refractivity contribution in [2.75, 3.05) is 0 Å². The van der Waals surface area contributed by atoms with E-state index in [0.29, 0.717) is 5.41 Å². The molecule has 4 fully saturated rings. The second kappa shape index (κ2) is 4.22. The van der Waals surface area contributed by atoms with Gasteiger partial charge in [-0.25, -0.2) is 4.39 Å². The molecule has 4 aliphatic carbocycles. The van der Waals surface area contributed by atoms with Crippen LogP contribution in [0.4, 0.5) is 4.39 Å². The van der Waals surface area contributed by atoms with E-state index in [1.807, 2.05) is 12.1 Å². The van der Waals surface area contributed by atoms with Gasteiger partial charge in [0.1, 0.15) is 5.82 Å². The molecule has 0 amide bonds. The van der Waals surface area contributed by atoms with E-state index in [0.717, 1.165) is 23.3 Å². The Morgan fingerprint density at radius 1 is 0.947 bits per heavy atom. The van der Waals surface area contributed by atoms with Gasteiger partial charge < -0.3 is 0 Å². The fourth-order valence-corrected chi connectivity index (χ4v) is 5.89. The third-order valence-electron chi connectivity index (χ3n) is 5.79. The molecule has 0 radical (unpaired) electrons. The molecule has 1 aromatic carbocycles. The predicted molar refractivity (Wildman–Crippen MR) is 75.6 cm³/mol. The maximum atomic E-state index is 13.1. The quantitative estimate of drug-likeness (QED) is 0.642. The van der Waals surface area contributed by atoms with Gasteiger partial charge in [-0.2, -0.15) is 0 Å². The van der Waals surface area contributed by atoms with Gasteiger partial charge in [-0.05, 0) is 79.4 Å². The summed E-state index contributed by atoms with van der Waals surface area (Å²) in [6.07, 6.45) is 8.20. The first-order chi connectivity index (χ1) is 9.14. The predicted octanol–water partition coefficient (Wildman–Crippen LogP) is 5.32. The molecule has 0 saturated heterocycles. The molecule has 19 heavy (non-hydrogen) atoms. The Balaban J connectivity index is 1.65. The van der Waals surface area contributed by atoms with Crippen LogP contribution in [0.2, 0.25) is 0 Å². The normalized spacial score (nSPS) is 41.5. The van der Waals surface area contributed by atoms with Crippen molar-refractivity contribution in [1.29, 1.82) is 0 Å². The number of hydrogen-bond donors (Lipinski definition) is 0. The van der Waals surface area contributed by atoms with Crippen molar-refractivity contribution in [2.45, 2.75) is 43.9 Å². The van der Waals surface area contributed by atoms with Crippen LogP contribution in [-0.2, 0) is 0 Å². The highest BCUT2D eigenvalue weighted by atomic mass is 35.5. The summed E-state index contributed by atoms with van der Waals surface area (Å²) in [4.78, 5) is 0. The second-order valence-corrected chi connectivity index (χ2v) is 7.63. The molecular weight excluding hydrogens is 259 g/mol. The zero-order valence-corrected chi connectivity index (χ0v) is 11.9. The summed E-state index contributed by atoms with van der Waals surface area (Å²) in [6, 6.07) is 6.85. The van der Waals surface area contributed by atoms with E-state index in [9.17, 15) is 4.39 Å². The molecule has 0 aliphatic heterocycles. The summed E-state index contributed by atoms with van der Waals surface area (Å²) in [6.45, 7) is 0. The number of halogens is 2. The lowest BCUT2D eigenvalue weighted by Gasteiger charge is -2.58. The molecule has 1 aromatic rings. The fourth-order valence-electron chi connectivity index (χ4n) is 5.47. The van der Waals surface area contributed by atoms with Gasteiger partial charge in [0.15, 0.2) is 0 Å². The SMILES string of the molecule is Fc1ccc(C(Cl)C23CC4CC(CC(C4)C2)C3)cc1. The zero-order chi connectivity index (χ0) is 13.0. The molecule has 1 atom stereocenters. The van der Waals surface area contributed by atoms with Crippen molar-refractivity contribution < 1.29 is 4.39 Å². The fraction of sp³-hybridized carbons (Fsp3) is 0.647. The number of rotatable bonds is 2. The smallest absolute Gasteiger partial charge is 0.123 e. The molecule has 0 nitrogen and oxygen atoms in total. The third kappa shape index (κ3) is 1.93. The van der Waals surface area contributed by atoms with E-state index in [1.165, 1.54) is 38.5 Å². The highest BCUT2D eigenvalue weighted by Crippen LogP contribution is 2.65. The minimum Gasteiger partial charge on any atom is -0.207 e. The molecule has 4 saturated carbocycles. The van der Waals surface area contributed by atoms with E-state index in [1.54, 1.807) is 12.1 Å². The van der Waals surface area contributed by atoms with E-state index in [2.05, 4.69) is 0 Å². The molecule has 5 rings (SSSR count). The average Bonchev–Trinajstić information content (AvgIpc) is 2.37. The van der Waals surface area contributed by atoms with Gasteiger partial charge in [-0.15, -0.1) is 11.6 Å². The molecule has 4 bridgehead atoms. The first kappa shape index (κ1) is 12.2. The van der Waals surface area contributed by atoms with Crippen LogP contribution < -0.4 is 0 Å². The van der Waals surface area contributed by atoms with Gasteiger partial charge >= 0.3 is 0 Å². The third-order valence-corrected chi connectivity index (χ3v) is 6.50. The van der Waals surface area contributed by atoms with Crippen molar-refractivity contribution in [3.05, 3.63) is 35.6 Å². The molecule has 0 N–H and O–H groups in total. The Morgan fingerprint density at radius 3 is 1.89 bits per heavy atom. The summed E-state index contributed by atoms with van der Waals surface area (Å²) in [7, 11) is 0. The Bertz CT molecular complexity index is 443. The Morgan fingerprint density at radius 2 is 1.42 bits per heavy atom. The minimum absolute atomic E-state index is 0.0708. The Labute approximate surface area is 119 Å². The molecule has 1 unspecified atom stereocenters. The van der Waals surface area contributed by atoms with E-state index >= 15 is 0 Å². The Hall–Kier alpha value is -0.560. The van der Waals surface area contributed by atoms with Crippen LogP contribution in [0, 0.1) is 29.0 Å². The lowest BCUT2D eigenvalue weighted by atomic mass is 9.48. The van der Waals surface area contributed by atoms with Crippen LogP contribution >= 0.6 is 11.6 Å². The summed E-state index contributed by atoms with van der Waals surface area (Å²) in [5.41, 5.74) is 1.42. The monoisotopic (exact) mass is 278 g/mol. The number of hydrogen-bond acceptors (Lipinski definition) is 0. The van der Waals surface area contributed by atoms with Crippen molar-refractivity contribution in [3.63, 3.8) is 0 Å². The summed E-state index contributed by atoms with van der Waals surface area (Å²) in [5.74, 6) is 2.56. The summed E-state index contributed by atoms with van der Waals surface area (Å²) in [5, 5.41) is 0.0708. The lowest BCUT2D eigenvalue weighted by Crippen LogP contribution is -2.47. The lowest BCUT2D eigenvalue weighted by molar-refractivity contribution is -0.0552. The van der Waals surface area contributed by atoms with Gasteiger partial charge in [-0.1, -0.05) is 12.1 Å². The van der Waals surface area contributed by atoms with Crippen LogP contribution in [0.5, 0.6) is 0 Å². The maximum absolute atomic E-state index is 13.1. The van der Waals surface area contributed by atoms with Gasteiger partial charge in [-0.3, -0.25) is 0 Å². The highest BCUT2D eigenvalue weighted by molar-refractivity contribution is 6.21. The molecular formula is C17H20ClF. The maximum Gasteiger partial charge on any atom is 0.123 e. The van der Waals surface area contributed by atoms with Crippen LogP contribution in [-0.4, -0.2) is 0 Å². The summed E-state index contributed by atoms with van der Waals surface area (Å²) >= 11 is 6.86. The van der Waals surface area contributed by atoms with Crippen molar-refractivity contribution in [3.8, 4) is 0 Å². The van der Waals surface area contributed by atoms with Crippen LogP contribution in [0.25, 0.3) is 0 Å². The van der Waals surface area contributed by atoms with Crippen molar-refractivity contribution in [1.82, 2.24) is 0 Å². The molecule has 4 aliphatic rings. The highest BCUT2D eigenvalue weighted by Gasteiger charge is 2.54. The zero-order valence-electron chi connectivity index (χ0n) is 11.1. The van der Waals surface area contributed by atoms with Crippen LogP contribution in [0.15, 0.2) is 24.3 Å². The van der Waals surface area contributed by atoms with Gasteiger partial charge in [0.2, 0.25) is 0 Å². The molecule has 0 spiro atoms. The number of benzene rings is 1. The van der Waals surface area contributed by atoms with E-state index in [-0.39, 0.29) is 11.2 Å². The molecule has 0 aromatic heterocycles. The first-order valence-electron chi connectivity index (χ1n) is 7.54. The minimum atomic E-state index is -0.168. The van der Waals surface area contributed by atoms with E-state index < -0.39 is 0 Å². The van der Waals surface area contributed by atoms with Crippen LogP contribution in [0.1, 0.15) is 49.5 Å². The summed E-state index contributed by atoms with van der Waals surface area (Å²) < 4.78 is 13.1. The molecule has 2 heteroatoms. The van der Waals surface area contributed by atoms with Gasteiger partial charge in [0.25, 0.3) is 0 Å². The van der Waals surface area contributed by atoms with Gasteiger partial charge in [0.05, 0.1) is 5.38 Å². The standard InChI is InChI=1S/C17H20ClF/c18-16(14-1-3-15(19)4-2-14)17-8-11-5-12(9-17)7-13(6-11)10-17/h1-4,11-13,16H,5-10H2.